The monoisotopic (exact) mass is 197 g/mol. The van der Waals surface area contributed by atoms with Crippen molar-refractivity contribution in [2.75, 3.05) is 0 Å². The molecule has 1 amide bonds. The van der Waals surface area contributed by atoms with Gasteiger partial charge in [-0.2, -0.15) is 0 Å². The molecule has 0 unspecified atom stereocenters. The minimum Gasteiger partial charge on any atom is -0.369 e. The molecule has 0 bridgehead atoms. The highest BCUT2D eigenvalue weighted by Crippen LogP contribution is 2.41. The minimum atomic E-state index is -0.0824. The maximum atomic E-state index is 10.8. The lowest BCUT2D eigenvalue weighted by Crippen LogP contribution is -2.13. The molecule has 82 valence electrons. The number of unbranched alkanes of at least 4 members (excludes halogenated alkanes) is 5. The molecule has 0 aromatic rings. The molecule has 0 radical (unpaired) electrons. The van der Waals surface area contributed by atoms with Crippen molar-refractivity contribution in [3.05, 3.63) is 0 Å². The van der Waals surface area contributed by atoms with E-state index in [0.29, 0.717) is 5.92 Å². The molecule has 0 aliphatic heterocycles. The van der Waals surface area contributed by atoms with Crippen molar-refractivity contribution in [3.8, 4) is 0 Å². The number of rotatable bonds is 8. The predicted octanol–water partition coefficient (Wildman–Crippen LogP) is 2.86. The molecule has 2 heteroatoms. The quantitative estimate of drug-likeness (QED) is 0.597. The van der Waals surface area contributed by atoms with E-state index in [1.807, 2.05) is 0 Å². The lowest BCUT2D eigenvalue weighted by Gasteiger charge is -1.99. The zero-order valence-electron chi connectivity index (χ0n) is 9.30. The van der Waals surface area contributed by atoms with Crippen molar-refractivity contribution in [2.24, 2.45) is 17.6 Å². The maximum absolute atomic E-state index is 10.8. The second-order valence-electron chi connectivity index (χ2n) is 4.56. The third-order valence-electron chi connectivity index (χ3n) is 3.22. The number of carbonyl (C=O) groups excluding carboxylic acids is 1. The number of nitrogens with two attached hydrogens (primary N) is 1. The lowest BCUT2D eigenvalue weighted by molar-refractivity contribution is -0.119. The molecule has 1 aliphatic rings. The van der Waals surface area contributed by atoms with Gasteiger partial charge in [0.05, 0.1) is 0 Å². The van der Waals surface area contributed by atoms with E-state index in [0.717, 1.165) is 6.42 Å². The Bertz CT molecular complexity index is 179. The van der Waals surface area contributed by atoms with Crippen molar-refractivity contribution in [1.82, 2.24) is 0 Å². The molecule has 0 heterocycles. The van der Waals surface area contributed by atoms with E-state index < -0.39 is 0 Å². The Morgan fingerprint density at radius 2 is 1.86 bits per heavy atom. The summed E-state index contributed by atoms with van der Waals surface area (Å²) in [5.74, 6) is 0.783. The average molecular weight is 197 g/mol. The van der Waals surface area contributed by atoms with Gasteiger partial charge in [-0.1, -0.05) is 45.4 Å². The van der Waals surface area contributed by atoms with Crippen molar-refractivity contribution in [2.45, 2.75) is 58.3 Å². The molecule has 1 saturated carbocycles. The number of hydrogen-bond acceptors (Lipinski definition) is 1. The lowest BCUT2D eigenvalue weighted by atomic mass is 10.1. The fourth-order valence-electron chi connectivity index (χ4n) is 2.10. The van der Waals surface area contributed by atoms with Crippen LogP contribution in [-0.4, -0.2) is 5.91 Å². The van der Waals surface area contributed by atoms with Crippen molar-refractivity contribution < 1.29 is 4.79 Å². The second kappa shape index (κ2) is 6.05. The van der Waals surface area contributed by atoms with Gasteiger partial charge in [0.2, 0.25) is 5.91 Å². The van der Waals surface area contributed by atoms with E-state index in [1.54, 1.807) is 0 Å². The van der Waals surface area contributed by atoms with Gasteiger partial charge in [-0.15, -0.1) is 0 Å². The molecular formula is C12H23NO. The van der Waals surface area contributed by atoms with Gasteiger partial charge in [0, 0.05) is 5.92 Å². The van der Waals surface area contributed by atoms with Crippen LogP contribution >= 0.6 is 0 Å². The summed E-state index contributed by atoms with van der Waals surface area (Å²) >= 11 is 0. The van der Waals surface area contributed by atoms with Crippen molar-refractivity contribution in [3.63, 3.8) is 0 Å². The first kappa shape index (κ1) is 11.5. The predicted molar refractivity (Wildman–Crippen MR) is 58.8 cm³/mol. The van der Waals surface area contributed by atoms with Crippen LogP contribution in [0, 0.1) is 11.8 Å². The van der Waals surface area contributed by atoms with Gasteiger partial charge >= 0.3 is 0 Å². The van der Waals surface area contributed by atoms with E-state index in [4.69, 9.17) is 5.73 Å². The summed E-state index contributed by atoms with van der Waals surface area (Å²) in [4.78, 5) is 10.8. The van der Waals surface area contributed by atoms with Crippen LogP contribution in [-0.2, 0) is 4.79 Å². The Morgan fingerprint density at radius 1 is 1.21 bits per heavy atom. The normalized spacial score (nSPS) is 24.9. The Hall–Kier alpha value is -0.530. The number of hydrogen-bond donors (Lipinski definition) is 1. The first-order chi connectivity index (χ1) is 6.75. The van der Waals surface area contributed by atoms with Crippen LogP contribution in [0.3, 0.4) is 0 Å². The van der Waals surface area contributed by atoms with Gasteiger partial charge in [-0.05, 0) is 18.8 Å². The largest absolute Gasteiger partial charge is 0.369 e. The van der Waals surface area contributed by atoms with Crippen molar-refractivity contribution in [1.29, 1.82) is 0 Å². The number of amides is 1. The summed E-state index contributed by atoms with van der Waals surface area (Å²) in [7, 11) is 0. The zero-order chi connectivity index (χ0) is 10.4. The fourth-order valence-corrected chi connectivity index (χ4v) is 2.10. The van der Waals surface area contributed by atoms with Crippen LogP contribution in [0.15, 0.2) is 0 Å². The van der Waals surface area contributed by atoms with E-state index in [1.165, 1.54) is 44.9 Å². The Labute approximate surface area is 87.2 Å². The summed E-state index contributed by atoms with van der Waals surface area (Å²) in [5.41, 5.74) is 5.22. The van der Waals surface area contributed by atoms with Gasteiger partial charge in [0.1, 0.15) is 0 Å². The van der Waals surface area contributed by atoms with Crippen LogP contribution in [0.4, 0.5) is 0 Å². The molecule has 0 aromatic heterocycles. The molecule has 0 saturated heterocycles. The molecule has 1 fully saturated rings. The van der Waals surface area contributed by atoms with Gasteiger partial charge < -0.3 is 5.73 Å². The van der Waals surface area contributed by atoms with Crippen LogP contribution in [0.2, 0.25) is 0 Å². The topological polar surface area (TPSA) is 43.1 Å². The fraction of sp³-hybridized carbons (Fsp3) is 0.917. The third-order valence-corrected chi connectivity index (χ3v) is 3.22. The third kappa shape index (κ3) is 4.12. The summed E-state index contributed by atoms with van der Waals surface area (Å²) in [6.07, 6.45) is 10.3. The van der Waals surface area contributed by atoms with E-state index in [-0.39, 0.29) is 11.8 Å². The molecular weight excluding hydrogens is 174 g/mol. The second-order valence-corrected chi connectivity index (χ2v) is 4.56. The smallest absolute Gasteiger partial charge is 0.220 e. The SMILES string of the molecule is CCCCCCCC[C@@H]1C[C@H]1C(N)=O. The Kier molecular flexibility index (Phi) is 4.99. The summed E-state index contributed by atoms with van der Waals surface area (Å²) in [6, 6.07) is 0. The van der Waals surface area contributed by atoms with Crippen molar-refractivity contribution >= 4 is 5.91 Å². The Morgan fingerprint density at radius 3 is 2.43 bits per heavy atom. The maximum Gasteiger partial charge on any atom is 0.220 e. The van der Waals surface area contributed by atoms with E-state index in [9.17, 15) is 4.79 Å². The summed E-state index contributed by atoms with van der Waals surface area (Å²) < 4.78 is 0. The van der Waals surface area contributed by atoms with Crippen LogP contribution < -0.4 is 5.73 Å². The van der Waals surface area contributed by atoms with E-state index in [2.05, 4.69) is 6.92 Å². The van der Waals surface area contributed by atoms with Gasteiger partial charge in [-0.25, -0.2) is 0 Å². The number of primary amides is 1. The standard InChI is InChI=1S/C12H23NO/c1-2-3-4-5-6-7-8-10-9-11(10)12(13)14/h10-11H,2-9H2,1H3,(H2,13,14)/t10-,11-/m1/s1. The first-order valence-corrected chi connectivity index (χ1v) is 6.05. The minimum absolute atomic E-state index is 0.0824. The van der Waals surface area contributed by atoms with Gasteiger partial charge in [0.25, 0.3) is 0 Å². The van der Waals surface area contributed by atoms with Crippen LogP contribution in [0.5, 0.6) is 0 Å². The molecule has 1 rings (SSSR count). The molecule has 2 N–H and O–H groups in total. The highest BCUT2D eigenvalue weighted by Gasteiger charge is 2.40. The molecule has 14 heavy (non-hydrogen) atoms. The highest BCUT2D eigenvalue weighted by atomic mass is 16.1. The molecule has 0 aromatic carbocycles. The van der Waals surface area contributed by atoms with Crippen LogP contribution in [0.25, 0.3) is 0 Å². The number of carbonyl (C=O) groups is 1. The summed E-state index contributed by atoms with van der Waals surface area (Å²) in [5, 5.41) is 0. The van der Waals surface area contributed by atoms with Gasteiger partial charge in [-0.3, -0.25) is 4.79 Å². The highest BCUT2D eigenvalue weighted by molar-refractivity contribution is 5.79. The van der Waals surface area contributed by atoms with E-state index >= 15 is 0 Å². The molecule has 1 aliphatic carbocycles. The molecule has 2 nitrogen and oxygen atoms in total. The van der Waals surface area contributed by atoms with Gasteiger partial charge in [0.15, 0.2) is 0 Å². The molecule has 2 atom stereocenters. The average Bonchev–Trinajstić information content (AvgIpc) is 2.90. The zero-order valence-corrected chi connectivity index (χ0v) is 9.30. The molecule has 0 spiro atoms. The summed E-state index contributed by atoms with van der Waals surface area (Å²) in [6.45, 7) is 2.24. The van der Waals surface area contributed by atoms with Crippen LogP contribution in [0.1, 0.15) is 58.3 Å². The first-order valence-electron chi connectivity index (χ1n) is 6.05. The Balaban J connectivity index is 1.84.